The average molecular weight is 258 g/mol. The van der Waals surface area contributed by atoms with E-state index >= 15 is 0 Å². The van der Waals surface area contributed by atoms with Gasteiger partial charge in [-0.1, -0.05) is 11.6 Å². The molecule has 0 atom stereocenters. The predicted molar refractivity (Wildman–Crippen MR) is 65.6 cm³/mol. The van der Waals surface area contributed by atoms with E-state index in [0.717, 1.165) is 0 Å². The molecule has 0 saturated carbocycles. The number of ether oxygens (including phenoxy) is 2. The van der Waals surface area contributed by atoms with Gasteiger partial charge in [0.25, 0.3) is 0 Å². The molecule has 0 N–H and O–H groups in total. The van der Waals surface area contributed by atoms with Crippen molar-refractivity contribution in [3.8, 4) is 5.75 Å². The van der Waals surface area contributed by atoms with Gasteiger partial charge in [-0.2, -0.15) is 0 Å². The molecule has 0 bridgehead atoms. The molecule has 0 spiro atoms. The number of halogens is 1. The molecule has 0 aliphatic rings. The zero-order chi connectivity index (χ0) is 13.0. The second kappa shape index (κ2) is 5.87. The minimum atomic E-state index is -0.459. The molecule has 0 fully saturated rings. The summed E-state index contributed by atoms with van der Waals surface area (Å²) in [6, 6.07) is 1.51. The van der Waals surface area contributed by atoms with Crippen LogP contribution in [0.15, 0.2) is 12.3 Å². The summed E-state index contributed by atoms with van der Waals surface area (Å²) in [5.41, 5.74) is 0.289. The van der Waals surface area contributed by atoms with Gasteiger partial charge in [-0.15, -0.1) is 0 Å². The first kappa shape index (κ1) is 13.8. The highest BCUT2D eigenvalue weighted by molar-refractivity contribution is 6.29. The lowest BCUT2D eigenvalue weighted by Crippen LogP contribution is -2.15. The number of nitrogens with zero attached hydrogens (tertiary/aromatic N) is 1. The molecule has 4 nitrogen and oxygen atoms in total. The Morgan fingerprint density at radius 1 is 1.29 bits per heavy atom. The summed E-state index contributed by atoms with van der Waals surface area (Å²) in [4.78, 5) is 15.6. The molecule has 0 amide bonds. The predicted octanol–water partition coefficient (Wildman–Crippen LogP) is 3.09. The SMILES string of the molecule is CC(C)OC(=O)c1cnc(Cl)cc1OC(C)C. The molecule has 1 heterocycles. The van der Waals surface area contributed by atoms with Crippen molar-refractivity contribution in [2.75, 3.05) is 0 Å². The summed E-state index contributed by atoms with van der Waals surface area (Å²) in [5, 5.41) is 0.279. The number of aromatic nitrogens is 1. The zero-order valence-electron chi connectivity index (χ0n) is 10.4. The van der Waals surface area contributed by atoms with Gasteiger partial charge in [-0.3, -0.25) is 0 Å². The van der Waals surface area contributed by atoms with Crippen LogP contribution in [0, 0.1) is 0 Å². The van der Waals surface area contributed by atoms with Crippen molar-refractivity contribution in [3.63, 3.8) is 0 Å². The zero-order valence-corrected chi connectivity index (χ0v) is 11.1. The van der Waals surface area contributed by atoms with Crippen molar-refractivity contribution in [1.29, 1.82) is 0 Å². The Morgan fingerprint density at radius 2 is 1.94 bits per heavy atom. The molecular formula is C12H16ClNO3. The fourth-order valence-corrected chi connectivity index (χ4v) is 1.34. The first-order valence-electron chi connectivity index (χ1n) is 5.43. The van der Waals surface area contributed by atoms with E-state index in [4.69, 9.17) is 21.1 Å². The Morgan fingerprint density at radius 3 is 2.47 bits per heavy atom. The van der Waals surface area contributed by atoms with Gasteiger partial charge in [0.15, 0.2) is 0 Å². The van der Waals surface area contributed by atoms with Crippen LogP contribution in [0.4, 0.5) is 0 Å². The Hall–Kier alpha value is -1.29. The molecular weight excluding hydrogens is 242 g/mol. The number of carbonyl (C=O) groups is 1. The lowest BCUT2D eigenvalue weighted by Gasteiger charge is -2.14. The molecule has 0 saturated heterocycles. The van der Waals surface area contributed by atoms with Crippen LogP contribution in [0.5, 0.6) is 5.75 Å². The van der Waals surface area contributed by atoms with Crippen LogP contribution in [0.2, 0.25) is 5.15 Å². The second-order valence-electron chi connectivity index (χ2n) is 4.12. The van der Waals surface area contributed by atoms with Crippen LogP contribution in [0.1, 0.15) is 38.1 Å². The molecule has 1 rings (SSSR count). The summed E-state index contributed by atoms with van der Waals surface area (Å²) in [6.07, 6.45) is 1.12. The van der Waals surface area contributed by atoms with Gasteiger partial charge in [-0.05, 0) is 27.7 Å². The van der Waals surface area contributed by atoms with E-state index in [1.165, 1.54) is 12.3 Å². The van der Waals surface area contributed by atoms with Gasteiger partial charge < -0.3 is 9.47 Å². The fraction of sp³-hybridized carbons (Fsp3) is 0.500. The molecule has 1 aromatic rings. The van der Waals surface area contributed by atoms with Crippen LogP contribution >= 0.6 is 11.6 Å². The van der Waals surface area contributed by atoms with E-state index in [1.54, 1.807) is 13.8 Å². The number of hydrogen-bond acceptors (Lipinski definition) is 4. The van der Waals surface area contributed by atoms with Crippen molar-refractivity contribution in [2.24, 2.45) is 0 Å². The molecule has 0 aliphatic carbocycles. The summed E-state index contributed by atoms with van der Waals surface area (Å²) in [7, 11) is 0. The molecule has 0 aliphatic heterocycles. The van der Waals surface area contributed by atoms with Crippen LogP contribution < -0.4 is 4.74 Å². The number of esters is 1. The summed E-state index contributed by atoms with van der Waals surface area (Å²) in [5.74, 6) is -0.0644. The first-order chi connectivity index (χ1) is 7.90. The highest BCUT2D eigenvalue weighted by Crippen LogP contribution is 2.23. The topological polar surface area (TPSA) is 48.4 Å². The van der Waals surface area contributed by atoms with E-state index in [1.807, 2.05) is 13.8 Å². The fourth-order valence-electron chi connectivity index (χ4n) is 1.20. The largest absolute Gasteiger partial charge is 0.490 e. The van der Waals surface area contributed by atoms with Crippen LogP contribution in [-0.2, 0) is 4.74 Å². The lowest BCUT2D eigenvalue weighted by molar-refractivity contribution is 0.0371. The van der Waals surface area contributed by atoms with E-state index < -0.39 is 5.97 Å². The Balaban J connectivity index is 3.01. The minimum Gasteiger partial charge on any atom is -0.490 e. The summed E-state index contributed by atoms with van der Waals surface area (Å²) >= 11 is 5.77. The quantitative estimate of drug-likeness (QED) is 0.614. The lowest BCUT2D eigenvalue weighted by atomic mass is 10.2. The van der Waals surface area contributed by atoms with Crippen molar-refractivity contribution >= 4 is 17.6 Å². The Kier molecular flexibility index (Phi) is 4.75. The van der Waals surface area contributed by atoms with Crippen molar-refractivity contribution in [1.82, 2.24) is 4.98 Å². The van der Waals surface area contributed by atoms with Gasteiger partial charge in [-0.25, -0.2) is 9.78 Å². The summed E-state index contributed by atoms with van der Waals surface area (Å²) < 4.78 is 10.6. The molecule has 0 unspecified atom stereocenters. The maximum absolute atomic E-state index is 11.8. The van der Waals surface area contributed by atoms with Crippen LogP contribution in [0.3, 0.4) is 0 Å². The molecule has 17 heavy (non-hydrogen) atoms. The number of hydrogen-bond donors (Lipinski definition) is 0. The van der Waals surface area contributed by atoms with Gasteiger partial charge in [0, 0.05) is 12.3 Å². The Labute approximate surface area is 106 Å². The van der Waals surface area contributed by atoms with E-state index in [-0.39, 0.29) is 22.9 Å². The molecule has 94 valence electrons. The Bertz CT molecular complexity index is 405. The molecule has 0 aromatic carbocycles. The standard InChI is InChI=1S/C12H16ClNO3/c1-7(2)16-10-5-11(13)14-6-9(10)12(15)17-8(3)4/h5-8H,1-4H3. The highest BCUT2D eigenvalue weighted by atomic mass is 35.5. The molecule has 1 aromatic heterocycles. The highest BCUT2D eigenvalue weighted by Gasteiger charge is 2.17. The smallest absolute Gasteiger partial charge is 0.343 e. The van der Waals surface area contributed by atoms with Gasteiger partial charge in [0.05, 0.1) is 12.2 Å². The van der Waals surface area contributed by atoms with Crippen molar-refractivity contribution in [3.05, 3.63) is 23.0 Å². The molecule has 5 heteroatoms. The van der Waals surface area contributed by atoms with Crippen molar-refractivity contribution in [2.45, 2.75) is 39.9 Å². The van der Waals surface area contributed by atoms with Crippen LogP contribution in [0.25, 0.3) is 0 Å². The maximum atomic E-state index is 11.8. The third-order valence-corrected chi connectivity index (χ3v) is 1.96. The number of rotatable bonds is 4. The average Bonchev–Trinajstić information content (AvgIpc) is 2.15. The summed E-state index contributed by atoms with van der Waals surface area (Å²) in [6.45, 7) is 7.30. The normalized spacial score (nSPS) is 10.8. The molecule has 0 radical (unpaired) electrons. The van der Waals surface area contributed by atoms with Crippen LogP contribution in [-0.4, -0.2) is 23.2 Å². The third-order valence-electron chi connectivity index (χ3n) is 1.76. The van der Waals surface area contributed by atoms with E-state index in [9.17, 15) is 4.79 Å². The van der Waals surface area contributed by atoms with Crippen molar-refractivity contribution < 1.29 is 14.3 Å². The van der Waals surface area contributed by atoms with Gasteiger partial charge in [0.1, 0.15) is 16.5 Å². The number of pyridine rings is 1. The van der Waals surface area contributed by atoms with E-state index in [0.29, 0.717) is 5.75 Å². The van der Waals surface area contributed by atoms with Gasteiger partial charge >= 0.3 is 5.97 Å². The van der Waals surface area contributed by atoms with Gasteiger partial charge in [0.2, 0.25) is 0 Å². The minimum absolute atomic E-state index is 0.0564. The maximum Gasteiger partial charge on any atom is 0.343 e. The first-order valence-corrected chi connectivity index (χ1v) is 5.81. The van der Waals surface area contributed by atoms with E-state index in [2.05, 4.69) is 4.98 Å². The second-order valence-corrected chi connectivity index (χ2v) is 4.51. The number of carbonyl (C=O) groups excluding carboxylic acids is 1. The third kappa shape index (κ3) is 4.23. The monoisotopic (exact) mass is 257 g/mol.